The Morgan fingerprint density at radius 1 is 0.610 bits per heavy atom. The van der Waals surface area contributed by atoms with Crippen molar-refractivity contribution in [3.8, 4) is 0 Å². The van der Waals surface area contributed by atoms with Gasteiger partial charge in [0.25, 0.3) is 0 Å². The van der Waals surface area contributed by atoms with E-state index < -0.39 is 0 Å². The second kappa shape index (κ2) is 19.5. The molecule has 0 N–H and O–H groups in total. The normalized spacial score (nSPS) is 10.7. The van der Waals surface area contributed by atoms with Crippen LogP contribution in [0.25, 0.3) is 11.1 Å². The molecule has 0 radical (unpaired) electrons. The monoisotopic (exact) mass is 559 g/mol. The van der Waals surface area contributed by atoms with Gasteiger partial charge >= 0.3 is 0 Å². The van der Waals surface area contributed by atoms with Crippen LogP contribution < -0.4 is 0 Å². The molecule has 41 heavy (non-hydrogen) atoms. The van der Waals surface area contributed by atoms with Gasteiger partial charge in [-0.25, -0.2) is 0 Å². The smallest absolute Gasteiger partial charge is 0.0633 e. The predicted octanol–water partition coefficient (Wildman–Crippen LogP) is 9.99. The molecule has 4 aromatic carbocycles. The first-order valence-electron chi connectivity index (χ1n) is 13.3. The van der Waals surface area contributed by atoms with E-state index in [9.17, 15) is 0 Å². The van der Waals surface area contributed by atoms with Crippen molar-refractivity contribution in [2.75, 3.05) is 0 Å². The summed E-state index contributed by atoms with van der Waals surface area (Å²) in [5, 5.41) is 0.700. The summed E-state index contributed by atoms with van der Waals surface area (Å²) in [7, 11) is 0. The van der Waals surface area contributed by atoms with Crippen LogP contribution in [0, 0.1) is 0 Å². The molecule has 0 spiro atoms. The topological polar surface area (TPSA) is 37.1 Å². The number of hydrogen-bond donors (Lipinski definition) is 0. The first kappa shape index (κ1) is 32.6. The lowest BCUT2D eigenvalue weighted by molar-refractivity contribution is 1.08. The number of aliphatic imine (C=N–C) groups is 3. The zero-order valence-corrected chi connectivity index (χ0v) is 24.5. The van der Waals surface area contributed by atoms with Crippen LogP contribution in [0.3, 0.4) is 0 Å². The average Bonchev–Trinajstić information content (AvgIpc) is 3.00. The van der Waals surface area contributed by atoms with Crippen molar-refractivity contribution in [2.45, 2.75) is 26.6 Å². The van der Waals surface area contributed by atoms with E-state index in [1.807, 2.05) is 110 Å². The van der Waals surface area contributed by atoms with E-state index in [1.54, 1.807) is 0 Å². The summed E-state index contributed by atoms with van der Waals surface area (Å²) < 4.78 is 0. The molecule has 4 aromatic rings. The summed E-state index contributed by atoms with van der Waals surface area (Å²) in [6.45, 7) is 18.2. The summed E-state index contributed by atoms with van der Waals surface area (Å²) in [5.41, 5.74) is 7.92. The standard InChI is InChI=1S/C21H20ClN.2C8H9N/c1-4-9-21(17-10-7-6-8-11-17)20(5-2)18-12-16(15-23-3)13-19(22)14-18;2*1-9-7-8-5-3-2-4-6-8/h4-14H,1,3,15H2,2H3;2*2-6H,1,7H2/b20-5-,21-9-;;. The fourth-order valence-electron chi connectivity index (χ4n) is 4.01. The third-order valence-corrected chi connectivity index (χ3v) is 6.00. The summed E-state index contributed by atoms with van der Waals surface area (Å²) >= 11 is 6.29. The highest BCUT2D eigenvalue weighted by molar-refractivity contribution is 6.31. The fraction of sp³-hybridized carbons (Fsp3) is 0.108. The van der Waals surface area contributed by atoms with Crippen LogP contribution in [-0.2, 0) is 19.6 Å². The molecule has 4 rings (SSSR count). The van der Waals surface area contributed by atoms with E-state index in [2.05, 4.69) is 66.0 Å². The van der Waals surface area contributed by atoms with Gasteiger partial charge in [-0.1, -0.05) is 127 Å². The van der Waals surface area contributed by atoms with Crippen molar-refractivity contribution in [3.05, 3.63) is 167 Å². The molecule has 0 bridgehead atoms. The third kappa shape index (κ3) is 12.0. The first-order chi connectivity index (χ1) is 20.1. The van der Waals surface area contributed by atoms with Crippen LogP contribution in [-0.4, -0.2) is 20.2 Å². The highest BCUT2D eigenvalue weighted by atomic mass is 35.5. The van der Waals surface area contributed by atoms with Crippen molar-refractivity contribution in [2.24, 2.45) is 15.0 Å². The van der Waals surface area contributed by atoms with Gasteiger partial charge in [-0.05, 0) is 84.2 Å². The quantitative estimate of drug-likeness (QED) is 0.137. The molecule has 3 nitrogen and oxygen atoms in total. The third-order valence-electron chi connectivity index (χ3n) is 5.79. The van der Waals surface area contributed by atoms with Crippen molar-refractivity contribution >= 4 is 42.9 Å². The number of hydrogen-bond acceptors (Lipinski definition) is 3. The summed E-state index contributed by atoms with van der Waals surface area (Å²) in [6.07, 6.45) is 5.93. The first-order valence-corrected chi connectivity index (χ1v) is 13.6. The number of benzene rings is 4. The maximum absolute atomic E-state index is 6.29. The second-order valence-corrected chi connectivity index (χ2v) is 9.29. The molecule has 0 saturated heterocycles. The van der Waals surface area contributed by atoms with Crippen LogP contribution in [0.4, 0.5) is 0 Å². The van der Waals surface area contributed by atoms with E-state index in [-0.39, 0.29) is 0 Å². The number of nitrogens with zero attached hydrogens (tertiary/aromatic N) is 3. The van der Waals surface area contributed by atoms with Crippen LogP contribution in [0.5, 0.6) is 0 Å². The van der Waals surface area contributed by atoms with Crippen molar-refractivity contribution in [1.29, 1.82) is 0 Å². The molecule has 0 aliphatic heterocycles. The van der Waals surface area contributed by atoms with Crippen molar-refractivity contribution in [1.82, 2.24) is 0 Å². The molecule has 0 unspecified atom stereocenters. The van der Waals surface area contributed by atoms with Crippen LogP contribution in [0.2, 0.25) is 5.02 Å². The largest absolute Gasteiger partial charge is 0.296 e. The van der Waals surface area contributed by atoms with Crippen molar-refractivity contribution < 1.29 is 0 Å². The fourth-order valence-corrected chi connectivity index (χ4v) is 4.26. The molecule has 208 valence electrons. The van der Waals surface area contributed by atoms with Crippen molar-refractivity contribution in [3.63, 3.8) is 0 Å². The molecule has 0 atom stereocenters. The lowest BCUT2D eigenvalue weighted by Gasteiger charge is -2.14. The van der Waals surface area contributed by atoms with Gasteiger partial charge < -0.3 is 0 Å². The van der Waals surface area contributed by atoms with E-state index >= 15 is 0 Å². The minimum absolute atomic E-state index is 0.552. The van der Waals surface area contributed by atoms with Crippen LogP contribution in [0.1, 0.15) is 34.7 Å². The SMILES string of the molecule is C=C/C=C(\C(=C/C)c1cc(Cl)cc(CN=C)c1)c1ccccc1.C=NCc1ccccc1.C=NCc1ccccc1. The predicted molar refractivity (Wildman–Crippen MR) is 182 cm³/mol. The zero-order chi connectivity index (χ0) is 29.7. The van der Waals surface area contributed by atoms with E-state index in [0.717, 1.165) is 40.9 Å². The lowest BCUT2D eigenvalue weighted by atomic mass is 9.91. The minimum Gasteiger partial charge on any atom is -0.296 e. The average molecular weight is 560 g/mol. The Hall–Kier alpha value is -4.60. The molecular formula is C37H38ClN3. The lowest BCUT2D eigenvalue weighted by Crippen LogP contribution is -1.93. The Kier molecular flexibility index (Phi) is 15.5. The summed E-state index contributed by atoms with van der Waals surface area (Å²) in [4.78, 5) is 11.5. The maximum Gasteiger partial charge on any atom is 0.0633 e. The van der Waals surface area contributed by atoms with E-state index in [1.165, 1.54) is 11.1 Å². The van der Waals surface area contributed by atoms with Gasteiger partial charge in [-0.2, -0.15) is 0 Å². The molecule has 0 amide bonds. The number of allylic oxidation sites excluding steroid dienone is 5. The Morgan fingerprint density at radius 2 is 1.07 bits per heavy atom. The Labute approximate surface area is 250 Å². The molecule has 0 aliphatic rings. The molecule has 0 aromatic heterocycles. The number of rotatable bonds is 10. The number of halogens is 1. The Balaban J connectivity index is 0.000000265. The van der Waals surface area contributed by atoms with Gasteiger partial charge in [0.05, 0.1) is 19.6 Å². The summed E-state index contributed by atoms with van der Waals surface area (Å²) in [5.74, 6) is 0. The van der Waals surface area contributed by atoms with Crippen LogP contribution in [0.15, 0.2) is 149 Å². The highest BCUT2D eigenvalue weighted by Crippen LogP contribution is 2.33. The second-order valence-electron chi connectivity index (χ2n) is 8.85. The molecule has 0 aliphatic carbocycles. The van der Waals surface area contributed by atoms with Gasteiger partial charge in [0, 0.05) is 5.02 Å². The Bertz CT molecular complexity index is 1380. The van der Waals surface area contributed by atoms with Gasteiger partial charge in [0.2, 0.25) is 0 Å². The van der Waals surface area contributed by atoms with E-state index in [4.69, 9.17) is 11.6 Å². The van der Waals surface area contributed by atoms with Gasteiger partial charge in [0.15, 0.2) is 0 Å². The van der Waals surface area contributed by atoms with Gasteiger partial charge in [-0.15, -0.1) is 0 Å². The zero-order valence-electron chi connectivity index (χ0n) is 23.8. The molecule has 0 fully saturated rings. The van der Waals surface area contributed by atoms with Crippen LogP contribution >= 0.6 is 11.6 Å². The van der Waals surface area contributed by atoms with Gasteiger partial charge in [-0.3, -0.25) is 15.0 Å². The molecule has 0 saturated carbocycles. The molecule has 4 heteroatoms. The summed E-state index contributed by atoms with van der Waals surface area (Å²) in [6, 6.07) is 36.4. The molecule has 0 heterocycles. The van der Waals surface area contributed by atoms with E-state index in [0.29, 0.717) is 11.6 Å². The highest BCUT2D eigenvalue weighted by Gasteiger charge is 2.11. The van der Waals surface area contributed by atoms with Gasteiger partial charge in [0.1, 0.15) is 0 Å². The molecular weight excluding hydrogens is 522 g/mol. The Morgan fingerprint density at radius 3 is 1.51 bits per heavy atom. The maximum atomic E-state index is 6.29. The minimum atomic E-state index is 0.552.